The number of hydrogen-bond acceptors (Lipinski definition) is 4. The number of anilines is 1. The predicted octanol–water partition coefficient (Wildman–Crippen LogP) is 2.33. The van der Waals surface area contributed by atoms with E-state index in [-0.39, 0.29) is 6.04 Å². The van der Waals surface area contributed by atoms with Gasteiger partial charge in [0.25, 0.3) is 0 Å². The molecule has 100 valence electrons. The Hall–Kier alpha value is -2.20. The molecule has 0 saturated heterocycles. The van der Waals surface area contributed by atoms with Crippen LogP contribution < -0.4 is 20.9 Å². The van der Waals surface area contributed by atoms with Crippen molar-refractivity contribution in [3.05, 3.63) is 53.6 Å². The van der Waals surface area contributed by atoms with Crippen LogP contribution in [-0.2, 0) is 0 Å². The Morgan fingerprint density at radius 2 is 1.63 bits per heavy atom. The van der Waals surface area contributed by atoms with Crippen molar-refractivity contribution in [2.75, 3.05) is 20.0 Å². The molecule has 4 heteroatoms. The molecule has 2 aromatic carbocycles. The molecule has 2 rings (SSSR count). The molecule has 1 unspecified atom stereocenters. The lowest BCUT2D eigenvalue weighted by atomic mass is 9.98. The lowest BCUT2D eigenvalue weighted by Crippen LogP contribution is -2.13. The Bertz CT molecular complexity index is 553. The lowest BCUT2D eigenvalue weighted by molar-refractivity contribution is 0.408. The van der Waals surface area contributed by atoms with Gasteiger partial charge in [0.1, 0.15) is 11.5 Å². The minimum Gasteiger partial charge on any atom is -0.497 e. The van der Waals surface area contributed by atoms with Crippen molar-refractivity contribution in [3.8, 4) is 11.5 Å². The fourth-order valence-corrected chi connectivity index (χ4v) is 1.98. The molecular weight excluding hydrogens is 240 g/mol. The highest BCUT2D eigenvalue weighted by molar-refractivity contribution is 5.51. The third kappa shape index (κ3) is 2.80. The molecule has 0 bridgehead atoms. The fourth-order valence-electron chi connectivity index (χ4n) is 1.98. The number of nitrogen functional groups attached to an aromatic ring is 1. The van der Waals surface area contributed by atoms with Gasteiger partial charge in [0, 0.05) is 17.3 Å². The molecule has 0 saturated carbocycles. The van der Waals surface area contributed by atoms with Crippen molar-refractivity contribution >= 4 is 5.69 Å². The van der Waals surface area contributed by atoms with Crippen LogP contribution in [0.5, 0.6) is 11.5 Å². The van der Waals surface area contributed by atoms with Crippen LogP contribution in [0.3, 0.4) is 0 Å². The minimum absolute atomic E-state index is 0.263. The Balaban J connectivity index is 2.34. The molecule has 0 heterocycles. The average Bonchev–Trinajstić information content (AvgIpc) is 2.46. The first-order valence-corrected chi connectivity index (χ1v) is 5.98. The van der Waals surface area contributed by atoms with Gasteiger partial charge in [-0.1, -0.05) is 18.2 Å². The molecule has 19 heavy (non-hydrogen) atoms. The Labute approximate surface area is 112 Å². The van der Waals surface area contributed by atoms with Crippen LogP contribution in [0.4, 0.5) is 5.69 Å². The molecule has 0 fully saturated rings. The first-order chi connectivity index (χ1) is 9.15. The number of rotatable bonds is 4. The zero-order chi connectivity index (χ0) is 13.8. The van der Waals surface area contributed by atoms with Gasteiger partial charge in [-0.3, -0.25) is 0 Å². The summed E-state index contributed by atoms with van der Waals surface area (Å²) in [5.74, 6) is 1.50. The van der Waals surface area contributed by atoms with E-state index in [0.717, 1.165) is 16.9 Å². The number of hydrogen-bond donors (Lipinski definition) is 2. The van der Waals surface area contributed by atoms with Crippen LogP contribution >= 0.6 is 0 Å². The highest BCUT2D eigenvalue weighted by Crippen LogP contribution is 2.30. The number of benzene rings is 2. The Morgan fingerprint density at radius 3 is 2.21 bits per heavy atom. The van der Waals surface area contributed by atoms with Crippen molar-refractivity contribution in [3.63, 3.8) is 0 Å². The maximum Gasteiger partial charge on any atom is 0.126 e. The van der Waals surface area contributed by atoms with Gasteiger partial charge in [-0.15, -0.1) is 0 Å². The molecule has 0 amide bonds. The maximum atomic E-state index is 6.27. The summed E-state index contributed by atoms with van der Waals surface area (Å²) >= 11 is 0. The average molecular weight is 258 g/mol. The van der Waals surface area contributed by atoms with E-state index in [9.17, 15) is 0 Å². The lowest BCUT2D eigenvalue weighted by Gasteiger charge is -2.17. The first-order valence-electron chi connectivity index (χ1n) is 5.98. The third-order valence-corrected chi connectivity index (χ3v) is 3.07. The molecule has 0 aliphatic carbocycles. The van der Waals surface area contributed by atoms with Gasteiger partial charge in [-0.05, 0) is 23.8 Å². The molecule has 0 aliphatic heterocycles. The van der Waals surface area contributed by atoms with E-state index >= 15 is 0 Å². The minimum atomic E-state index is -0.263. The van der Waals surface area contributed by atoms with Crippen LogP contribution in [0, 0.1) is 0 Å². The topological polar surface area (TPSA) is 70.5 Å². The predicted molar refractivity (Wildman–Crippen MR) is 76.4 cm³/mol. The number of ether oxygens (including phenoxy) is 2. The molecule has 2 aromatic rings. The second-order valence-electron chi connectivity index (χ2n) is 4.25. The van der Waals surface area contributed by atoms with Gasteiger partial charge in [0.15, 0.2) is 0 Å². The van der Waals surface area contributed by atoms with Gasteiger partial charge in [0.05, 0.1) is 20.3 Å². The van der Waals surface area contributed by atoms with Gasteiger partial charge in [0.2, 0.25) is 0 Å². The van der Waals surface area contributed by atoms with Crippen LogP contribution in [0.25, 0.3) is 0 Å². The van der Waals surface area contributed by atoms with Gasteiger partial charge in [-0.25, -0.2) is 0 Å². The zero-order valence-electron chi connectivity index (χ0n) is 11.1. The smallest absolute Gasteiger partial charge is 0.126 e. The van der Waals surface area contributed by atoms with E-state index in [1.807, 2.05) is 36.4 Å². The third-order valence-electron chi connectivity index (χ3n) is 3.07. The van der Waals surface area contributed by atoms with E-state index in [0.29, 0.717) is 11.4 Å². The fraction of sp³-hybridized carbons (Fsp3) is 0.200. The molecule has 0 aromatic heterocycles. The first kappa shape index (κ1) is 13.2. The van der Waals surface area contributed by atoms with E-state index in [4.69, 9.17) is 20.9 Å². The second-order valence-corrected chi connectivity index (χ2v) is 4.25. The Morgan fingerprint density at radius 1 is 0.947 bits per heavy atom. The Kier molecular flexibility index (Phi) is 3.92. The summed E-state index contributed by atoms with van der Waals surface area (Å²) in [6.45, 7) is 0. The summed E-state index contributed by atoms with van der Waals surface area (Å²) in [6, 6.07) is 12.9. The van der Waals surface area contributed by atoms with E-state index < -0.39 is 0 Å². The standard InChI is InChI=1S/C15H18N2O2/c1-18-12-6-3-10(4-7-12)15(17)13-8-5-11(16)9-14(13)19-2/h3-9,15H,16-17H2,1-2H3. The zero-order valence-corrected chi connectivity index (χ0v) is 11.1. The highest BCUT2D eigenvalue weighted by Gasteiger charge is 2.14. The molecule has 1 atom stereocenters. The van der Waals surface area contributed by atoms with E-state index in [1.54, 1.807) is 20.3 Å². The number of methoxy groups -OCH3 is 2. The molecule has 4 nitrogen and oxygen atoms in total. The van der Waals surface area contributed by atoms with Gasteiger partial charge < -0.3 is 20.9 Å². The largest absolute Gasteiger partial charge is 0.497 e. The SMILES string of the molecule is COc1ccc(C(N)c2ccc(N)cc2OC)cc1. The maximum absolute atomic E-state index is 6.27. The summed E-state index contributed by atoms with van der Waals surface area (Å²) < 4.78 is 10.5. The van der Waals surface area contributed by atoms with E-state index in [1.165, 1.54) is 0 Å². The second kappa shape index (κ2) is 5.63. The van der Waals surface area contributed by atoms with E-state index in [2.05, 4.69) is 0 Å². The van der Waals surface area contributed by atoms with Crippen LogP contribution in [0.1, 0.15) is 17.2 Å². The normalized spacial score (nSPS) is 11.9. The number of nitrogens with two attached hydrogens (primary N) is 2. The summed E-state index contributed by atoms with van der Waals surface area (Å²) in [7, 11) is 3.25. The van der Waals surface area contributed by atoms with Crippen LogP contribution in [-0.4, -0.2) is 14.2 Å². The van der Waals surface area contributed by atoms with Crippen molar-refractivity contribution in [2.45, 2.75) is 6.04 Å². The van der Waals surface area contributed by atoms with Crippen LogP contribution in [0.2, 0.25) is 0 Å². The van der Waals surface area contributed by atoms with Gasteiger partial charge in [-0.2, -0.15) is 0 Å². The molecular formula is C15H18N2O2. The van der Waals surface area contributed by atoms with Crippen molar-refractivity contribution in [1.82, 2.24) is 0 Å². The monoisotopic (exact) mass is 258 g/mol. The summed E-state index contributed by atoms with van der Waals surface area (Å²) in [5.41, 5.74) is 14.6. The van der Waals surface area contributed by atoms with Crippen molar-refractivity contribution < 1.29 is 9.47 Å². The molecule has 0 aliphatic rings. The molecule has 0 radical (unpaired) electrons. The van der Waals surface area contributed by atoms with Crippen molar-refractivity contribution in [2.24, 2.45) is 5.73 Å². The summed E-state index contributed by atoms with van der Waals surface area (Å²) in [6.07, 6.45) is 0. The molecule has 0 spiro atoms. The summed E-state index contributed by atoms with van der Waals surface area (Å²) in [4.78, 5) is 0. The molecule has 4 N–H and O–H groups in total. The summed E-state index contributed by atoms with van der Waals surface area (Å²) in [5, 5.41) is 0. The highest BCUT2D eigenvalue weighted by atomic mass is 16.5. The van der Waals surface area contributed by atoms with Crippen LogP contribution in [0.15, 0.2) is 42.5 Å². The van der Waals surface area contributed by atoms with Crippen molar-refractivity contribution in [1.29, 1.82) is 0 Å². The van der Waals surface area contributed by atoms with Gasteiger partial charge >= 0.3 is 0 Å². The quantitative estimate of drug-likeness (QED) is 0.826.